The third-order valence-electron chi connectivity index (χ3n) is 10.9. The summed E-state index contributed by atoms with van der Waals surface area (Å²) in [6.07, 6.45) is 2.61. The van der Waals surface area contributed by atoms with Crippen LogP contribution < -0.4 is 24.8 Å². The first-order valence-electron chi connectivity index (χ1n) is 19.7. The normalized spacial score (nSPS) is 22.6. The zero-order valence-electron chi connectivity index (χ0n) is 34.3. The van der Waals surface area contributed by atoms with Gasteiger partial charge in [-0.2, -0.15) is 0 Å². The SMILES string of the molecule is C=C[C@@H]1C[C@]1(NC(=O)[C@@H]1C[C@@H](Oc2cc(-c3ccccc3)nc3cc(OC)ccc23)CN1C(=O)[C@@H](NC(=O)OC(C)(C)C)C(C)(C)C)C(=O)NS(=O)(=O)CC1CCC1. The Hall–Kier alpha value is -5.18. The molecule has 2 aromatic carbocycles. The minimum absolute atomic E-state index is 0.0119. The van der Waals surface area contributed by atoms with Crippen LogP contribution in [0.3, 0.4) is 0 Å². The number of fused-ring (bicyclic) bond motifs is 1. The van der Waals surface area contributed by atoms with E-state index < -0.39 is 74.5 Å². The van der Waals surface area contributed by atoms with Crippen LogP contribution >= 0.6 is 0 Å². The van der Waals surface area contributed by atoms with Gasteiger partial charge in [0, 0.05) is 35.4 Å². The average Bonchev–Trinajstić information content (AvgIpc) is 3.69. The van der Waals surface area contributed by atoms with E-state index in [0.29, 0.717) is 28.1 Å². The Balaban J connectivity index is 1.33. The molecule has 0 spiro atoms. The van der Waals surface area contributed by atoms with Crippen molar-refractivity contribution in [1.82, 2.24) is 25.2 Å². The number of carbonyl (C=O) groups excluding carboxylic acids is 4. The molecule has 6 rings (SSSR count). The number of aromatic nitrogens is 1. The number of amides is 4. The number of hydrogen-bond donors (Lipinski definition) is 3. The van der Waals surface area contributed by atoms with Gasteiger partial charge in [0.2, 0.25) is 21.8 Å². The fourth-order valence-electron chi connectivity index (χ4n) is 7.53. The minimum Gasteiger partial charge on any atom is -0.497 e. The molecule has 312 valence electrons. The number of ether oxygens (including phenoxy) is 3. The monoisotopic (exact) mass is 817 g/mol. The van der Waals surface area contributed by atoms with E-state index in [1.807, 2.05) is 42.5 Å². The lowest BCUT2D eigenvalue weighted by molar-refractivity contribution is -0.143. The fraction of sp³-hybridized carbons (Fsp3) is 0.512. The first kappa shape index (κ1) is 42.4. The Bertz CT molecular complexity index is 2180. The molecule has 3 fully saturated rings. The minimum atomic E-state index is -3.97. The Morgan fingerprint density at radius 2 is 1.74 bits per heavy atom. The number of nitrogens with one attached hydrogen (secondary N) is 3. The quantitative estimate of drug-likeness (QED) is 0.186. The number of likely N-dealkylation sites (tertiary alicyclic amines) is 1. The molecule has 3 aromatic rings. The molecule has 0 unspecified atom stereocenters. The molecule has 58 heavy (non-hydrogen) atoms. The maximum absolute atomic E-state index is 14.7. The van der Waals surface area contributed by atoms with E-state index in [9.17, 15) is 27.6 Å². The van der Waals surface area contributed by atoms with Crippen LogP contribution in [0.15, 0.2) is 67.3 Å². The van der Waals surface area contributed by atoms with Gasteiger partial charge in [-0.25, -0.2) is 18.2 Å². The summed E-state index contributed by atoms with van der Waals surface area (Å²) in [4.78, 5) is 62.3. The molecule has 2 saturated carbocycles. The number of alkyl carbamates (subject to hydrolysis) is 1. The molecule has 14 nitrogen and oxygen atoms in total. The van der Waals surface area contributed by atoms with Crippen molar-refractivity contribution in [3.05, 3.63) is 67.3 Å². The summed E-state index contributed by atoms with van der Waals surface area (Å²) in [7, 11) is -2.40. The summed E-state index contributed by atoms with van der Waals surface area (Å²) < 4.78 is 45.9. The predicted octanol–water partition coefficient (Wildman–Crippen LogP) is 5.51. The molecule has 1 aliphatic heterocycles. The molecule has 15 heteroatoms. The zero-order valence-corrected chi connectivity index (χ0v) is 35.1. The number of rotatable bonds is 13. The standard InChI is InChI=1S/C43H55N5O9S/c1-9-28-23-43(28,39(51)47-58(53,54)25-26-14-13-15-26)46-37(49)34-21-30(24-48(34)38(50)36(41(2,3)4)45-40(52)57-42(5,6)7)56-35-22-32(27-16-11-10-12-17-27)44-33-20-29(55-8)18-19-31(33)35/h9-12,16-20,22,26,28,30,34,36H,1,13-15,21,23-25H2,2-8H3,(H,45,52)(H,46,49)(H,47,51)/t28-,30-,34+,36-,43-/m1/s1. The molecule has 5 atom stereocenters. The van der Waals surface area contributed by atoms with E-state index in [2.05, 4.69) is 21.9 Å². The first-order chi connectivity index (χ1) is 27.2. The number of sulfonamides is 1. The van der Waals surface area contributed by atoms with Crippen LogP contribution in [-0.4, -0.2) is 90.9 Å². The molecule has 0 bridgehead atoms. The Kier molecular flexibility index (Phi) is 11.9. The van der Waals surface area contributed by atoms with Crippen molar-refractivity contribution in [2.75, 3.05) is 19.4 Å². The molecule has 2 heterocycles. The molecule has 4 amide bonds. The molecular formula is C43H55N5O9S. The largest absolute Gasteiger partial charge is 0.497 e. The number of carbonyl (C=O) groups is 4. The molecule has 3 N–H and O–H groups in total. The topological polar surface area (TPSA) is 182 Å². The van der Waals surface area contributed by atoms with Crippen molar-refractivity contribution in [1.29, 1.82) is 0 Å². The van der Waals surface area contributed by atoms with Gasteiger partial charge in [0.1, 0.15) is 40.8 Å². The summed E-state index contributed by atoms with van der Waals surface area (Å²) in [5, 5.41) is 6.24. The van der Waals surface area contributed by atoms with Crippen LogP contribution in [0.2, 0.25) is 0 Å². The van der Waals surface area contributed by atoms with Crippen LogP contribution in [0, 0.1) is 17.3 Å². The van der Waals surface area contributed by atoms with Gasteiger partial charge in [0.25, 0.3) is 5.91 Å². The van der Waals surface area contributed by atoms with Gasteiger partial charge in [0.15, 0.2) is 0 Å². The Morgan fingerprint density at radius 1 is 1.03 bits per heavy atom. The summed E-state index contributed by atoms with van der Waals surface area (Å²) >= 11 is 0. The van der Waals surface area contributed by atoms with Gasteiger partial charge in [-0.1, -0.05) is 63.6 Å². The summed E-state index contributed by atoms with van der Waals surface area (Å²) in [6.45, 7) is 14.3. The third kappa shape index (κ3) is 9.57. The zero-order chi connectivity index (χ0) is 42.2. The van der Waals surface area contributed by atoms with Crippen LogP contribution in [0.4, 0.5) is 4.79 Å². The van der Waals surface area contributed by atoms with Crippen LogP contribution in [-0.2, 0) is 29.1 Å². The van der Waals surface area contributed by atoms with E-state index in [-0.39, 0.29) is 31.1 Å². The summed E-state index contributed by atoms with van der Waals surface area (Å²) in [5.74, 6) is -1.75. The lowest BCUT2D eigenvalue weighted by Crippen LogP contribution is -2.60. The second-order valence-corrected chi connectivity index (χ2v) is 19.5. The van der Waals surface area contributed by atoms with Crippen LogP contribution in [0.25, 0.3) is 22.2 Å². The van der Waals surface area contributed by atoms with E-state index in [4.69, 9.17) is 19.2 Å². The number of hydrogen-bond acceptors (Lipinski definition) is 10. The third-order valence-corrected chi connectivity index (χ3v) is 12.4. The van der Waals surface area contributed by atoms with E-state index in [0.717, 1.165) is 24.8 Å². The van der Waals surface area contributed by atoms with Crippen molar-refractivity contribution >= 4 is 44.7 Å². The van der Waals surface area contributed by atoms with Crippen molar-refractivity contribution in [2.45, 2.75) is 103 Å². The highest BCUT2D eigenvalue weighted by Gasteiger charge is 2.61. The second kappa shape index (κ2) is 16.2. The van der Waals surface area contributed by atoms with E-state index in [1.54, 1.807) is 60.8 Å². The number of methoxy groups -OCH3 is 1. The lowest BCUT2D eigenvalue weighted by atomic mass is 9.85. The maximum Gasteiger partial charge on any atom is 0.408 e. The Labute approximate surface area is 340 Å². The van der Waals surface area contributed by atoms with Crippen molar-refractivity contribution in [3.8, 4) is 22.8 Å². The van der Waals surface area contributed by atoms with Crippen molar-refractivity contribution in [2.24, 2.45) is 17.3 Å². The van der Waals surface area contributed by atoms with Crippen molar-refractivity contribution in [3.63, 3.8) is 0 Å². The highest BCUT2D eigenvalue weighted by molar-refractivity contribution is 7.90. The number of benzene rings is 2. The van der Waals surface area contributed by atoms with Gasteiger partial charge in [-0.3, -0.25) is 19.1 Å². The van der Waals surface area contributed by atoms with Crippen LogP contribution in [0.5, 0.6) is 11.5 Å². The van der Waals surface area contributed by atoms with Crippen molar-refractivity contribution < 1.29 is 41.8 Å². The smallest absolute Gasteiger partial charge is 0.408 e. The fourth-order valence-corrected chi connectivity index (χ4v) is 9.03. The lowest BCUT2D eigenvalue weighted by Gasteiger charge is -2.36. The first-order valence-corrected chi connectivity index (χ1v) is 21.4. The second-order valence-electron chi connectivity index (χ2n) is 17.7. The van der Waals surface area contributed by atoms with Crippen LogP contribution in [0.1, 0.15) is 73.6 Å². The highest BCUT2D eigenvalue weighted by Crippen LogP contribution is 2.45. The summed E-state index contributed by atoms with van der Waals surface area (Å²) in [6, 6.07) is 14.5. The van der Waals surface area contributed by atoms with E-state index in [1.165, 1.54) is 11.0 Å². The molecule has 1 saturated heterocycles. The maximum atomic E-state index is 14.7. The number of pyridine rings is 1. The van der Waals surface area contributed by atoms with Gasteiger partial charge >= 0.3 is 6.09 Å². The highest BCUT2D eigenvalue weighted by atomic mass is 32.2. The molecular weight excluding hydrogens is 763 g/mol. The van der Waals surface area contributed by atoms with Gasteiger partial charge in [0.05, 0.1) is 30.6 Å². The Morgan fingerprint density at radius 3 is 2.33 bits per heavy atom. The average molecular weight is 818 g/mol. The van der Waals surface area contributed by atoms with Gasteiger partial charge < -0.3 is 29.7 Å². The summed E-state index contributed by atoms with van der Waals surface area (Å²) in [5.41, 5.74) is -1.17. The molecule has 0 radical (unpaired) electrons. The van der Waals surface area contributed by atoms with Gasteiger partial charge in [-0.15, -0.1) is 6.58 Å². The predicted molar refractivity (Wildman–Crippen MR) is 219 cm³/mol. The number of nitrogens with zero attached hydrogens (tertiary/aromatic N) is 2. The van der Waals surface area contributed by atoms with E-state index >= 15 is 0 Å². The molecule has 3 aliphatic rings. The molecule has 2 aliphatic carbocycles. The van der Waals surface area contributed by atoms with Gasteiger partial charge in [-0.05, 0) is 63.5 Å². The molecule has 1 aromatic heterocycles.